The summed E-state index contributed by atoms with van der Waals surface area (Å²) in [5, 5.41) is 13.7. The fourth-order valence-corrected chi connectivity index (χ4v) is 3.54. The molecule has 0 amide bonds. The molecule has 0 aliphatic rings. The van der Waals surface area contributed by atoms with Crippen molar-refractivity contribution in [3.8, 4) is 17.3 Å². The van der Waals surface area contributed by atoms with E-state index in [9.17, 15) is 4.79 Å². The summed E-state index contributed by atoms with van der Waals surface area (Å²) >= 11 is 0. The molecule has 0 atom stereocenters. The van der Waals surface area contributed by atoms with Crippen LogP contribution in [-0.2, 0) is 0 Å². The predicted molar refractivity (Wildman–Crippen MR) is 114 cm³/mol. The predicted octanol–water partition coefficient (Wildman–Crippen LogP) is 5.56. The third kappa shape index (κ3) is 2.84. The SMILES string of the molecule is N#Cc1ccc(Nc2c(-c3ccccc3)[nH]c3c2c(=O)oc2ccccc23)cc1. The molecule has 0 aliphatic carbocycles. The minimum Gasteiger partial charge on any atom is -0.422 e. The van der Waals surface area contributed by atoms with Gasteiger partial charge < -0.3 is 14.7 Å². The van der Waals surface area contributed by atoms with Gasteiger partial charge >= 0.3 is 5.63 Å². The molecule has 0 saturated carbocycles. The standard InChI is InChI=1S/C24H15N3O2/c25-14-15-10-12-17(13-11-15)26-23-20-22(27-21(23)16-6-2-1-3-7-16)18-8-4-5-9-19(18)29-24(20)28/h1-13,26-27H. The number of rotatable bonds is 3. The summed E-state index contributed by atoms with van der Waals surface area (Å²) in [4.78, 5) is 16.3. The number of nitrogens with one attached hydrogen (secondary N) is 2. The van der Waals surface area contributed by atoms with Gasteiger partial charge in [0, 0.05) is 16.6 Å². The summed E-state index contributed by atoms with van der Waals surface area (Å²) in [6, 6.07) is 26.5. The molecule has 0 spiro atoms. The van der Waals surface area contributed by atoms with Gasteiger partial charge in [-0.2, -0.15) is 5.26 Å². The first-order valence-corrected chi connectivity index (χ1v) is 9.15. The van der Waals surface area contributed by atoms with Crippen LogP contribution in [0.4, 0.5) is 11.4 Å². The number of nitriles is 1. The molecule has 0 saturated heterocycles. The molecule has 0 aliphatic heterocycles. The Morgan fingerprint density at radius 1 is 0.897 bits per heavy atom. The van der Waals surface area contributed by atoms with Gasteiger partial charge in [-0.15, -0.1) is 0 Å². The molecule has 0 fully saturated rings. The Balaban J connectivity index is 1.80. The van der Waals surface area contributed by atoms with Crippen LogP contribution in [0.1, 0.15) is 5.56 Å². The van der Waals surface area contributed by atoms with Gasteiger partial charge in [-0.05, 0) is 36.4 Å². The second-order valence-electron chi connectivity index (χ2n) is 6.69. The number of hydrogen-bond donors (Lipinski definition) is 2. The van der Waals surface area contributed by atoms with Gasteiger partial charge in [0.05, 0.1) is 28.5 Å². The number of nitrogens with zero attached hydrogens (tertiary/aromatic N) is 1. The van der Waals surface area contributed by atoms with E-state index in [1.165, 1.54) is 0 Å². The fraction of sp³-hybridized carbons (Fsp3) is 0. The number of hydrogen-bond acceptors (Lipinski definition) is 4. The van der Waals surface area contributed by atoms with Gasteiger partial charge in [-0.3, -0.25) is 0 Å². The van der Waals surface area contributed by atoms with E-state index in [4.69, 9.17) is 9.68 Å². The Bertz CT molecular complexity index is 1440. The minimum absolute atomic E-state index is 0.409. The minimum atomic E-state index is -0.409. The second-order valence-corrected chi connectivity index (χ2v) is 6.69. The summed E-state index contributed by atoms with van der Waals surface area (Å²) in [6.07, 6.45) is 0. The lowest BCUT2D eigenvalue weighted by Crippen LogP contribution is -2.01. The van der Waals surface area contributed by atoms with Gasteiger partial charge in [0.2, 0.25) is 0 Å². The van der Waals surface area contributed by atoms with Crippen molar-refractivity contribution in [1.29, 1.82) is 5.26 Å². The van der Waals surface area contributed by atoms with Crippen molar-refractivity contribution in [2.24, 2.45) is 0 Å². The van der Waals surface area contributed by atoms with Crippen LogP contribution >= 0.6 is 0 Å². The largest absolute Gasteiger partial charge is 0.422 e. The van der Waals surface area contributed by atoms with Crippen LogP contribution in [0.5, 0.6) is 0 Å². The highest BCUT2D eigenvalue weighted by molar-refractivity contribution is 6.11. The van der Waals surface area contributed by atoms with Crippen molar-refractivity contribution in [2.75, 3.05) is 5.32 Å². The van der Waals surface area contributed by atoms with Crippen molar-refractivity contribution in [3.05, 3.63) is 94.8 Å². The lowest BCUT2D eigenvalue weighted by atomic mass is 10.1. The van der Waals surface area contributed by atoms with Crippen LogP contribution in [0.3, 0.4) is 0 Å². The van der Waals surface area contributed by atoms with Crippen molar-refractivity contribution in [2.45, 2.75) is 0 Å². The van der Waals surface area contributed by atoms with Crippen molar-refractivity contribution >= 4 is 33.2 Å². The fourth-order valence-electron chi connectivity index (χ4n) is 3.54. The van der Waals surface area contributed by atoms with E-state index < -0.39 is 5.63 Å². The molecule has 0 unspecified atom stereocenters. The first kappa shape index (κ1) is 16.8. The Labute approximate surface area is 165 Å². The smallest absolute Gasteiger partial charge is 0.347 e. The second kappa shape index (κ2) is 6.70. The van der Waals surface area contributed by atoms with Crippen LogP contribution in [-0.4, -0.2) is 4.98 Å². The van der Waals surface area contributed by atoms with E-state index >= 15 is 0 Å². The van der Waals surface area contributed by atoms with Crippen LogP contribution in [0.2, 0.25) is 0 Å². The average Bonchev–Trinajstić information content (AvgIpc) is 3.15. The average molecular weight is 377 g/mol. The van der Waals surface area contributed by atoms with Gasteiger partial charge in [-0.25, -0.2) is 4.79 Å². The summed E-state index contributed by atoms with van der Waals surface area (Å²) < 4.78 is 5.58. The molecule has 2 N–H and O–H groups in total. The van der Waals surface area contributed by atoms with Crippen LogP contribution in [0.15, 0.2) is 88.1 Å². The van der Waals surface area contributed by atoms with E-state index in [2.05, 4.69) is 16.4 Å². The van der Waals surface area contributed by atoms with E-state index in [1.54, 1.807) is 18.2 Å². The number of fused-ring (bicyclic) bond motifs is 3. The first-order valence-electron chi connectivity index (χ1n) is 9.15. The molecular formula is C24H15N3O2. The zero-order valence-electron chi connectivity index (χ0n) is 15.3. The molecular weight excluding hydrogens is 362 g/mol. The number of H-pyrrole nitrogens is 1. The molecule has 5 rings (SSSR count). The van der Waals surface area contributed by atoms with Crippen LogP contribution < -0.4 is 10.9 Å². The third-order valence-electron chi connectivity index (χ3n) is 4.91. The number of anilines is 2. The molecule has 2 heterocycles. The highest BCUT2D eigenvalue weighted by atomic mass is 16.4. The number of aromatic amines is 1. The summed E-state index contributed by atoms with van der Waals surface area (Å²) in [7, 11) is 0. The van der Waals surface area contributed by atoms with Gasteiger partial charge in [0.1, 0.15) is 11.0 Å². The molecule has 0 radical (unpaired) electrons. The quantitative estimate of drug-likeness (QED) is 0.404. The van der Waals surface area contributed by atoms with Gasteiger partial charge in [-0.1, -0.05) is 42.5 Å². The summed E-state index contributed by atoms with van der Waals surface area (Å²) in [6.45, 7) is 0. The molecule has 0 bridgehead atoms. The monoisotopic (exact) mass is 377 g/mol. The van der Waals surface area contributed by atoms with Crippen molar-refractivity contribution < 1.29 is 4.42 Å². The topological polar surface area (TPSA) is 81.8 Å². The molecule has 3 aromatic carbocycles. The molecule has 5 heteroatoms. The van der Waals surface area contributed by atoms with E-state index in [-0.39, 0.29) is 0 Å². The van der Waals surface area contributed by atoms with E-state index in [0.29, 0.717) is 22.2 Å². The molecule has 2 aromatic heterocycles. The van der Waals surface area contributed by atoms with Gasteiger partial charge in [0.25, 0.3) is 0 Å². The van der Waals surface area contributed by atoms with Crippen LogP contribution in [0, 0.1) is 11.3 Å². The number of aromatic nitrogens is 1. The number of benzene rings is 3. The Kier molecular flexibility index (Phi) is 3.89. The van der Waals surface area contributed by atoms with E-state index in [1.807, 2.05) is 60.7 Å². The maximum atomic E-state index is 12.9. The number of para-hydroxylation sites is 1. The van der Waals surface area contributed by atoms with Crippen LogP contribution in [0.25, 0.3) is 33.1 Å². The van der Waals surface area contributed by atoms with E-state index in [0.717, 1.165) is 27.8 Å². The Morgan fingerprint density at radius 2 is 1.62 bits per heavy atom. The Hall–Kier alpha value is -4.30. The normalized spacial score (nSPS) is 10.9. The molecule has 138 valence electrons. The molecule has 5 aromatic rings. The lowest BCUT2D eigenvalue weighted by Gasteiger charge is -2.08. The third-order valence-corrected chi connectivity index (χ3v) is 4.91. The lowest BCUT2D eigenvalue weighted by molar-refractivity contribution is 0.570. The highest BCUT2D eigenvalue weighted by Gasteiger charge is 2.19. The molecule has 29 heavy (non-hydrogen) atoms. The summed E-state index contributed by atoms with van der Waals surface area (Å²) in [5.41, 5.74) is 4.60. The Morgan fingerprint density at radius 3 is 2.38 bits per heavy atom. The maximum absolute atomic E-state index is 12.9. The van der Waals surface area contributed by atoms with Gasteiger partial charge in [0.15, 0.2) is 0 Å². The first-order chi connectivity index (χ1) is 14.2. The molecule has 5 nitrogen and oxygen atoms in total. The maximum Gasteiger partial charge on any atom is 0.347 e. The van der Waals surface area contributed by atoms with Crippen molar-refractivity contribution in [3.63, 3.8) is 0 Å². The summed E-state index contributed by atoms with van der Waals surface area (Å²) in [5.74, 6) is 0. The van der Waals surface area contributed by atoms with Crippen molar-refractivity contribution in [1.82, 2.24) is 4.98 Å². The highest BCUT2D eigenvalue weighted by Crippen LogP contribution is 2.37. The zero-order valence-corrected chi connectivity index (χ0v) is 15.3. The zero-order chi connectivity index (χ0) is 19.8.